The molecule has 0 aliphatic heterocycles. The summed E-state index contributed by atoms with van der Waals surface area (Å²) in [6.45, 7) is 16.8. The molecule has 4 atom stereocenters. The fourth-order valence-electron chi connectivity index (χ4n) is 8.74. The van der Waals surface area contributed by atoms with Crippen molar-refractivity contribution in [3.05, 3.63) is 287 Å². The molecular formula is C82H127B2NO10P3. The number of nitrogens with zero attached hydrogens (tertiary/aromatic N) is 1. The van der Waals surface area contributed by atoms with Crippen LogP contribution < -0.4 is 4.89 Å². The monoisotopic (exact) mass is 1400 g/mol. The average molecular weight is 1400 g/mol. The van der Waals surface area contributed by atoms with Gasteiger partial charge in [-0.15, -0.1) is 0 Å². The molecule has 11 nitrogen and oxygen atoms in total. The lowest BCUT2D eigenvalue weighted by Gasteiger charge is -2.45. The second-order valence-electron chi connectivity index (χ2n) is 23.0. The summed E-state index contributed by atoms with van der Waals surface area (Å²) < 4.78 is 32.8. The Hall–Kier alpha value is -6.16. The molecule has 0 saturated carbocycles. The highest BCUT2D eigenvalue weighted by Crippen LogP contribution is 2.49. The Morgan fingerprint density at radius 3 is 1.03 bits per heavy atom. The molecule has 0 spiro atoms. The lowest BCUT2D eigenvalue weighted by molar-refractivity contribution is -0.870. The summed E-state index contributed by atoms with van der Waals surface area (Å²) in [6.07, 6.45) is 6.47. The number of quaternary nitrogens is 1. The van der Waals surface area contributed by atoms with Crippen LogP contribution in [0, 0.1) is 11.3 Å². The van der Waals surface area contributed by atoms with Crippen molar-refractivity contribution in [3.63, 3.8) is 0 Å². The highest BCUT2D eigenvalue weighted by Gasteiger charge is 2.54. The summed E-state index contributed by atoms with van der Waals surface area (Å²) in [5.74, 6) is 0.143. The van der Waals surface area contributed by atoms with Crippen molar-refractivity contribution < 1.29 is 52.6 Å². The van der Waals surface area contributed by atoms with Crippen molar-refractivity contribution in [1.29, 1.82) is 1.34 Å². The van der Waals surface area contributed by atoms with Gasteiger partial charge in [0.15, 0.2) is 17.0 Å². The average Bonchev–Trinajstić information content (AvgIpc) is 0.721. The molecule has 541 valence electrons. The lowest BCUT2D eigenvalue weighted by atomic mass is 9.66. The first-order chi connectivity index (χ1) is 44.5. The van der Waals surface area contributed by atoms with Gasteiger partial charge in [0.1, 0.15) is 33.4 Å². The Labute approximate surface area is 605 Å². The number of hydrogen-bond donors (Lipinski definition) is 3. The predicted molar refractivity (Wildman–Crippen MR) is 430 cm³/mol. The molecule has 4 unspecified atom stereocenters. The number of rotatable bonds is 23. The maximum Gasteiger partial charge on any atom is 0.311 e. The molecule has 3 N–H and O–H groups in total. The number of carbonyl (C=O) groups excluding carboxylic acids is 2. The third kappa shape index (κ3) is 37.3. The first-order valence-corrected chi connectivity index (χ1v) is 34.2. The Morgan fingerprint density at radius 2 is 0.776 bits per heavy atom. The van der Waals surface area contributed by atoms with Crippen LogP contribution >= 0.6 is 26.1 Å². The zero-order chi connectivity index (χ0) is 69.6. The van der Waals surface area contributed by atoms with Gasteiger partial charge in [0, 0.05) is 11.1 Å². The first-order valence-electron chi connectivity index (χ1n) is 32.0. The van der Waals surface area contributed by atoms with E-state index < -0.39 is 30.5 Å². The van der Waals surface area contributed by atoms with Gasteiger partial charge in [-0.2, -0.15) is 18.2 Å². The normalized spacial score (nSPS) is 11.1. The van der Waals surface area contributed by atoms with E-state index in [9.17, 15) is 34.4 Å². The predicted octanol–water partition coefficient (Wildman–Crippen LogP) is 19.8. The minimum absolute atomic E-state index is 0. The molecule has 8 aromatic carbocycles. The van der Waals surface area contributed by atoms with Crippen molar-refractivity contribution >= 4 is 52.9 Å². The van der Waals surface area contributed by atoms with E-state index in [0.717, 1.165) is 35.1 Å². The minimum atomic E-state index is -4.36. The van der Waals surface area contributed by atoms with Crippen molar-refractivity contribution in [2.45, 2.75) is 156 Å². The van der Waals surface area contributed by atoms with Crippen LogP contribution in [0.25, 0.3) is 0 Å². The number of aliphatic hydroxyl groups is 3. The molecule has 0 heterocycles. The highest BCUT2D eigenvalue weighted by molar-refractivity contribution is 7.50. The molecule has 0 amide bonds. The molecule has 0 aliphatic carbocycles. The van der Waals surface area contributed by atoms with Crippen molar-refractivity contribution in [2.24, 2.45) is 11.3 Å². The summed E-state index contributed by atoms with van der Waals surface area (Å²) in [5.41, 5.74) is 1.82. The van der Waals surface area contributed by atoms with Crippen LogP contribution in [0.4, 0.5) is 0 Å². The van der Waals surface area contributed by atoms with E-state index in [2.05, 4.69) is 58.2 Å². The summed E-state index contributed by atoms with van der Waals surface area (Å²) in [4.78, 5) is 35.5. The van der Waals surface area contributed by atoms with Gasteiger partial charge in [-0.1, -0.05) is 361 Å². The van der Waals surface area contributed by atoms with Crippen LogP contribution in [0.3, 0.4) is 0 Å². The number of hydrogen-bond acceptors (Lipinski definition) is 10. The molecule has 98 heavy (non-hydrogen) atoms. The molecule has 0 aliphatic rings. The van der Waals surface area contributed by atoms with E-state index in [1.165, 1.54) is 33.2 Å². The van der Waals surface area contributed by atoms with Gasteiger partial charge >= 0.3 is 5.97 Å². The molecule has 0 saturated heterocycles. The number of unbranched alkanes of at least 4 members (excludes halogenated alkanes) is 2. The topological polar surface area (TPSA) is 163 Å². The second kappa shape index (κ2) is 57.6. The van der Waals surface area contributed by atoms with E-state index in [1.807, 2.05) is 287 Å². The fourth-order valence-corrected chi connectivity index (χ4v) is 9.41. The van der Waals surface area contributed by atoms with Gasteiger partial charge in [0.25, 0.3) is 7.82 Å². The minimum Gasteiger partial charge on any atom is -0.756 e. The first kappa shape index (κ1) is 100. The fraction of sp³-hybridized carbons (Fsp3) is 0.390. The number of esters is 1. The number of ketones is 1. The van der Waals surface area contributed by atoms with Gasteiger partial charge in [0.2, 0.25) is 0 Å². The smallest absolute Gasteiger partial charge is 0.311 e. The summed E-state index contributed by atoms with van der Waals surface area (Å²) in [5, 5.41) is 34.7. The highest BCUT2D eigenvalue weighted by atomic mass is 31.2. The zero-order valence-corrected chi connectivity index (χ0v) is 59.4. The van der Waals surface area contributed by atoms with Crippen LogP contribution in [-0.4, -0.2) is 95.5 Å². The number of phosphoric acid groups is 1. The van der Waals surface area contributed by atoms with Crippen molar-refractivity contribution in [3.8, 4) is 0 Å². The van der Waals surface area contributed by atoms with Crippen LogP contribution in [0.2, 0.25) is 0 Å². The molecule has 8 aromatic rings. The maximum atomic E-state index is 12.3. The largest absolute Gasteiger partial charge is 0.756 e. The molecule has 0 bridgehead atoms. The van der Waals surface area contributed by atoms with E-state index in [-0.39, 0.29) is 76.1 Å². The van der Waals surface area contributed by atoms with Gasteiger partial charge in [-0.3, -0.25) is 14.2 Å². The van der Waals surface area contributed by atoms with Crippen molar-refractivity contribution in [2.75, 3.05) is 47.5 Å². The maximum absolute atomic E-state index is 12.3. The number of aliphatic hydroxyl groups excluding tert-OH is 1. The van der Waals surface area contributed by atoms with Crippen LogP contribution in [0.5, 0.6) is 0 Å². The van der Waals surface area contributed by atoms with Crippen LogP contribution in [0.1, 0.15) is 194 Å². The van der Waals surface area contributed by atoms with E-state index >= 15 is 0 Å². The third-order valence-electron chi connectivity index (χ3n) is 14.3. The molecule has 8 rings (SSSR count). The van der Waals surface area contributed by atoms with Gasteiger partial charge in [-0.25, -0.2) is 0 Å². The van der Waals surface area contributed by atoms with E-state index in [0.29, 0.717) is 39.2 Å². The van der Waals surface area contributed by atoms with E-state index in [4.69, 9.17) is 15.1 Å². The standard InChI is InChI=1S/C26H22O2.C16H34NO6P.C13H12O.C13H10O.2C4H10.6CH4.BH3P.BH2P/c27-25(21-13-5-1-6-14-21,22-15-7-2-8-16-22)26(28,23-17-9-3-10-18-23)24-19-11-4-12-20-24;1-8-14(2)13-16(3,4)15(18)21-11-12-23-24(19,20)22-10-9-17(5,6)7;2*14-13(11-7-3-1-4-8-11)12-9-5-2-6-10-12;2*1-3-4-2;;;;;;;2*1-2/h1-20,27-28H;14H,8-13H2,1-7H3;1-10,13-14H;1-10H;2*3-4H2,1-2H3;6*1H4;1H,2H2;2H2/i;;;;;;;;;;;;1T;. The Morgan fingerprint density at radius 1 is 0.520 bits per heavy atom. The second-order valence-corrected chi connectivity index (χ2v) is 24.4. The molecule has 0 aromatic heterocycles. The third-order valence-corrected chi connectivity index (χ3v) is 15.3. The molecule has 16 heteroatoms. The van der Waals surface area contributed by atoms with Crippen LogP contribution in [0.15, 0.2) is 243 Å². The van der Waals surface area contributed by atoms with Gasteiger partial charge in [-0.05, 0) is 60.9 Å². The summed E-state index contributed by atoms with van der Waals surface area (Å²) in [7, 11) is 11.1. The number of carbonyl (C=O) groups is 2. The molecular weight excluding hydrogens is 1270 g/mol. The van der Waals surface area contributed by atoms with Crippen LogP contribution in [-0.2, 0) is 34.3 Å². The quantitative estimate of drug-likeness (QED) is 0.0140. The number of ether oxygens (including phenoxy) is 1. The van der Waals surface area contributed by atoms with Gasteiger partial charge < -0.3 is 38.5 Å². The molecule has 0 fully saturated rings. The molecule has 3 radical (unpaired) electrons. The Balaban J connectivity index is -0.000000277. The Kier molecular flexibility index (Phi) is 59.0. The van der Waals surface area contributed by atoms with Gasteiger partial charge in [0.05, 0.1) is 40.7 Å². The number of phosphoric ester groups is 1. The lowest BCUT2D eigenvalue weighted by Crippen LogP contribution is -2.51. The van der Waals surface area contributed by atoms with E-state index in [1.54, 1.807) is 0 Å². The number of benzene rings is 8. The summed E-state index contributed by atoms with van der Waals surface area (Å²) in [6, 6.07) is 75.4. The number of likely N-dealkylation sites (N-methyl/N-ethyl adjacent to an activating group) is 1. The summed E-state index contributed by atoms with van der Waals surface area (Å²) >= 11 is 0. The SMILES string of the molecule is C.C.C.C.C.C.CCC(C)CC(C)(C)C(=O)OCCOP(=O)([O-])OCC[N+](C)(C)C.CCCC.CCCC.O=C(c1ccccc1)c1ccccc1.OC(c1ccccc1)(c1ccccc1)C(O)(c1ccccc1)c1ccccc1.OC(c1ccccc1)c1ccccc1.[3H][B]P.[B]P. The zero-order valence-electron chi connectivity index (χ0n) is 57.2. The Bertz CT molecular complexity index is 2930. The van der Waals surface area contributed by atoms with Crippen molar-refractivity contribution in [1.82, 2.24) is 0 Å².